The van der Waals surface area contributed by atoms with Gasteiger partial charge in [0.15, 0.2) is 0 Å². The Morgan fingerprint density at radius 3 is 2.48 bits per heavy atom. The van der Waals surface area contributed by atoms with Crippen LogP contribution in [0.2, 0.25) is 0 Å². The minimum absolute atomic E-state index is 0.259. The molecule has 0 bridgehead atoms. The molecular weight excluding hydrogens is 292 g/mol. The van der Waals surface area contributed by atoms with Gasteiger partial charge in [0.05, 0.1) is 5.56 Å². The monoisotopic (exact) mass is 310 g/mol. The highest BCUT2D eigenvalue weighted by Crippen LogP contribution is 2.26. The van der Waals surface area contributed by atoms with Crippen LogP contribution in [0.5, 0.6) is 0 Å². The predicted molar refractivity (Wildman–Crippen MR) is 77.2 cm³/mol. The van der Waals surface area contributed by atoms with Gasteiger partial charge in [-0.3, -0.25) is 0 Å². The van der Waals surface area contributed by atoms with Crippen LogP contribution in [0.3, 0.4) is 0 Å². The summed E-state index contributed by atoms with van der Waals surface area (Å²) in [5, 5.41) is 9.20. The molecule has 0 atom stereocenters. The largest absolute Gasteiger partial charge is 0.478 e. The lowest BCUT2D eigenvalue weighted by atomic mass is 9.95. The van der Waals surface area contributed by atoms with Gasteiger partial charge in [-0.15, -0.1) is 0 Å². The van der Waals surface area contributed by atoms with Gasteiger partial charge in [0.25, 0.3) is 10.2 Å². The molecule has 0 aromatic heterocycles. The van der Waals surface area contributed by atoms with Crippen LogP contribution >= 0.6 is 0 Å². The summed E-state index contributed by atoms with van der Waals surface area (Å²) < 4.78 is 28.1. The lowest BCUT2D eigenvalue weighted by Gasteiger charge is -2.31. The second-order valence-electron chi connectivity index (χ2n) is 5.45. The normalized spacial score (nSPS) is 20.4. The number of fused-ring (bicyclic) bond motifs is 1. The van der Waals surface area contributed by atoms with Crippen molar-refractivity contribution in [3.63, 3.8) is 0 Å². The predicted octanol–water partition coefficient (Wildman–Crippen LogP) is 1.08. The number of hydrogen-bond acceptors (Lipinski definition) is 3. The minimum atomic E-state index is -3.42. The third-order valence-electron chi connectivity index (χ3n) is 4.18. The van der Waals surface area contributed by atoms with Gasteiger partial charge in [-0.05, 0) is 36.5 Å². The summed E-state index contributed by atoms with van der Waals surface area (Å²) in [6, 6.07) is 5.06. The Hall–Kier alpha value is -1.44. The molecule has 1 aromatic carbocycles. The topological polar surface area (TPSA) is 77.9 Å². The first-order valence-electron chi connectivity index (χ1n) is 7.09. The second kappa shape index (κ2) is 5.40. The molecule has 1 saturated heterocycles. The highest BCUT2D eigenvalue weighted by atomic mass is 32.2. The van der Waals surface area contributed by atoms with Crippen molar-refractivity contribution in [3.8, 4) is 0 Å². The Labute approximate surface area is 124 Å². The Morgan fingerprint density at radius 1 is 1.10 bits per heavy atom. The molecule has 21 heavy (non-hydrogen) atoms. The maximum Gasteiger partial charge on any atom is 0.335 e. The van der Waals surface area contributed by atoms with Crippen LogP contribution in [0.4, 0.5) is 0 Å². The fourth-order valence-electron chi connectivity index (χ4n) is 3.06. The van der Waals surface area contributed by atoms with E-state index >= 15 is 0 Å². The molecule has 2 aliphatic heterocycles. The van der Waals surface area contributed by atoms with Crippen molar-refractivity contribution in [2.45, 2.75) is 25.8 Å². The van der Waals surface area contributed by atoms with E-state index in [1.165, 1.54) is 8.61 Å². The number of nitrogens with zero attached hydrogens (tertiary/aromatic N) is 2. The summed E-state index contributed by atoms with van der Waals surface area (Å²) >= 11 is 0. The molecule has 2 aliphatic rings. The molecule has 1 aromatic rings. The Kier molecular flexibility index (Phi) is 3.73. The van der Waals surface area contributed by atoms with Gasteiger partial charge in [0.1, 0.15) is 0 Å². The van der Waals surface area contributed by atoms with Gasteiger partial charge >= 0.3 is 5.97 Å². The van der Waals surface area contributed by atoms with Crippen LogP contribution in [0.1, 0.15) is 34.3 Å². The number of rotatable bonds is 3. The quantitative estimate of drug-likeness (QED) is 0.906. The summed E-state index contributed by atoms with van der Waals surface area (Å²) in [5.74, 6) is -0.956. The second-order valence-corrected chi connectivity index (χ2v) is 7.37. The number of aromatic carboxylic acids is 1. The van der Waals surface area contributed by atoms with Gasteiger partial charge in [0.2, 0.25) is 0 Å². The molecule has 0 radical (unpaired) electrons. The Morgan fingerprint density at radius 2 is 1.81 bits per heavy atom. The van der Waals surface area contributed by atoms with Crippen molar-refractivity contribution in [1.29, 1.82) is 0 Å². The van der Waals surface area contributed by atoms with Gasteiger partial charge in [-0.2, -0.15) is 17.0 Å². The van der Waals surface area contributed by atoms with Gasteiger partial charge in [-0.1, -0.05) is 12.1 Å². The summed E-state index contributed by atoms with van der Waals surface area (Å²) in [6.07, 6.45) is 2.27. The molecule has 0 aliphatic carbocycles. The van der Waals surface area contributed by atoms with Crippen LogP contribution in [-0.4, -0.2) is 47.7 Å². The Balaban J connectivity index is 1.88. The molecule has 1 N–H and O–H groups in total. The van der Waals surface area contributed by atoms with Crippen LogP contribution in [0, 0.1) is 0 Å². The van der Waals surface area contributed by atoms with E-state index < -0.39 is 16.2 Å². The van der Waals surface area contributed by atoms with E-state index in [0.717, 1.165) is 24.0 Å². The number of carbonyl (C=O) groups is 1. The number of hydrogen-bond donors (Lipinski definition) is 1. The van der Waals surface area contributed by atoms with Crippen molar-refractivity contribution in [1.82, 2.24) is 8.61 Å². The van der Waals surface area contributed by atoms with Crippen LogP contribution in [0.15, 0.2) is 18.2 Å². The lowest BCUT2D eigenvalue weighted by molar-refractivity contribution is 0.0695. The molecule has 114 valence electrons. The first-order valence-corrected chi connectivity index (χ1v) is 8.49. The average molecular weight is 310 g/mol. The summed E-state index contributed by atoms with van der Waals surface area (Å²) in [7, 11) is -3.42. The van der Waals surface area contributed by atoms with E-state index in [9.17, 15) is 18.3 Å². The van der Waals surface area contributed by atoms with Gasteiger partial charge in [0, 0.05) is 26.2 Å². The van der Waals surface area contributed by atoms with Crippen LogP contribution in [0.25, 0.3) is 0 Å². The zero-order chi connectivity index (χ0) is 15.0. The maximum absolute atomic E-state index is 12.6. The molecular formula is C14H18N2O4S. The smallest absolute Gasteiger partial charge is 0.335 e. The summed E-state index contributed by atoms with van der Waals surface area (Å²) in [4.78, 5) is 11.2. The highest BCUT2D eigenvalue weighted by Gasteiger charge is 2.34. The molecule has 0 saturated carbocycles. The number of carboxylic acids is 1. The maximum atomic E-state index is 12.6. The molecule has 0 spiro atoms. The molecule has 3 rings (SSSR count). The standard InChI is InChI=1S/C14H18N2O4S/c17-14(18)13-5-3-4-11-10-16(9-6-12(11)13)21(19,20)15-7-1-2-8-15/h3-5H,1-2,6-10H2,(H,17,18). The molecule has 0 amide bonds. The van der Waals surface area contributed by atoms with Crippen molar-refractivity contribution in [2.75, 3.05) is 19.6 Å². The highest BCUT2D eigenvalue weighted by molar-refractivity contribution is 7.86. The molecule has 6 nitrogen and oxygen atoms in total. The molecule has 7 heteroatoms. The van der Waals surface area contributed by atoms with Crippen molar-refractivity contribution >= 4 is 16.2 Å². The van der Waals surface area contributed by atoms with Crippen molar-refractivity contribution in [3.05, 3.63) is 34.9 Å². The number of benzene rings is 1. The van der Waals surface area contributed by atoms with E-state index in [-0.39, 0.29) is 12.1 Å². The first kappa shape index (κ1) is 14.5. The van der Waals surface area contributed by atoms with Crippen LogP contribution in [-0.2, 0) is 23.2 Å². The molecule has 1 fully saturated rings. The fraction of sp³-hybridized carbons (Fsp3) is 0.500. The van der Waals surface area contributed by atoms with E-state index in [0.29, 0.717) is 26.1 Å². The van der Waals surface area contributed by atoms with Crippen molar-refractivity contribution in [2.24, 2.45) is 0 Å². The van der Waals surface area contributed by atoms with E-state index in [4.69, 9.17) is 0 Å². The van der Waals surface area contributed by atoms with Gasteiger partial charge < -0.3 is 5.11 Å². The third kappa shape index (κ3) is 2.56. The fourth-order valence-corrected chi connectivity index (χ4v) is 4.73. The average Bonchev–Trinajstić information content (AvgIpc) is 3.00. The summed E-state index contributed by atoms with van der Waals surface area (Å²) in [6.45, 7) is 1.77. The zero-order valence-corrected chi connectivity index (χ0v) is 12.5. The van der Waals surface area contributed by atoms with E-state index in [2.05, 4.69) is 0 Å². The third-order valence-corrected chi connectivity index (χ3v) is 6.16. The number of carboxylic acid groups (broad SMARTS) is 1. The van der Waals surface area contributed by atoms with Crippen LogP contribution < -0.4 is 0 Å². The van der Waals surface area contributed by atoms with Crippen molar-refractivity contribution < 1.29 is 18.3 Å². The lowest BCUT2D eigenvalue weighted by Crippen LogP contribution is -2.44. The Bertz CT molecular complexity index is 666. The minimum Gasteiger partial charge on any atom is -0.478 e. The molecule has 0 unspecified atom stereocenters. The SMILES string of the molecule is O=C(O)c1cccc2c1CCN(S(=O)(=O)N1CCCC1)C2. The van der Waals surface area contributed by atoms with E-state index in [1.807, 2.05) is 6.07 Å². The molecule has 2 heterocycles. The zero-order valence-electron chi connectivity index (χ0n) is 11.7. The van der Waals surface area contributed by atoms with Gasteiger partial charge in [-0.25, -0.2) is 4.79 Å². The summed E-state index contributed by atoms with van der Waals surface area (Å²) in [5.41, 5.74) is 1.84. The van der Waals surface area contributed by atoms with E-state index in [1.54, 1.807) is 12.1 Å². The first-order chi connectivity index (χ1) is 10.00.